The first-order valence-electron chi connectivity index (χ1n) is 13.5. The number of rotatable bonds is 10. The Morgan fingerprint density at radius 2 is 1.73 bits per heavy atom. The minimum atomic E-state index is -4.82. The molecule has 3 heterocycles. The van der Waals surface area contributed by atoms with Crippen LogP contribution in [0.3, 0.4) is 0 Å². The Morgan fingerprint density at radius 1 is 1.07 bits per heavy atom. The number of anilines is 1. The second-order valence-electron chi connectivity index (χ2n) is 12.0. The number of fused-ring (bicyclic) bond motifs is 1. The van der Waals surface area contributed by atoms with E-state index in [1.165, 1.54) is 49.4 Å². The van der Waals surface area contributed by atoms with Gasteiger partial charge in [0.05, 0.1) is 12.9 Å². The first-order valence-corrected chi connectivity index (χ1v) is 17.4. The molecule has 17 heteroatoms. The molecular weight excluding hydrogens is 588 g/mol. The van der Waals surface area contributed by atoms with Crippen LogP contribution < -0.4 is 5.32 Å². The number of aliphatic hydroxyl groups excluding tert-OH is 2. The number of hydrogen-bond acceptors (Lipinski definition) is 10. The lowest BCUT2D eigenvalue weighted by Crippen LogP contribution is -2.46. The second kappa shape index (κ2) is 10.5. The SMILES string of the molecule is O=P(O)(O)CP(=O)(O)OCC1OC(n2cnc3c(NCCC45CC6CC(CC(C6)C4)C5)nc(Cl)nc32)C(O)C1O. The third-order valence-electron chi connectivity index (χ3n) is 8.92. The lowest BCUT2D eigenvalue weighted by molar-refractivity contribution is -0.0552. The number of imidazole rings is 1. The Morgan fingerprint density at radius 3 is 2.35 bits per heavy atom. The molecule has 4 aliphatic carbocycles. The molecule has 0 radical (unpaired) electrons. The number of nitrogens with one attached hydrogen (secondary N) is 1. The van der Waals surface area contributed by atoms with Gasteiger partial charge in [0.1, 0.15) is 18.3 Å². The van der Waals surface area contributed by atoms with Crippen molar-refractivity contribution >= 4 is 43.8 Å². The fourth-order valence-corrected chi connectivity index (χ4v) is 10.5. The van der Waals surface area contributed by atoms with E-state index in [1.54, 1.807) is 0 Å². The van der Waals surface area contributed by atoms with Crippen molar-refractivity contribution in [2.24, 2.45) is 23.2 Å². The summed E-state index contributed by atoms with van der Waals surface area (Å²) >= 11 is 6.24. The monoisotopic (exact) mass is 621 g/mol. The van der Waals surface area contributed by atoms with Gasteiger partial charge >= 0.3 is 15.2 Å². The number of halogens is 1. The molecule has 14 nitrogen and oxygen atoms in total. The van der Waals surface area contributed by atoms with E-state index in [1.807, 2.05) is 0 Å². The fraction of sp³-hybridized carbons (Fsp3) is 0.783. The molecule has 4 saturated carbocycles. The molecule has 5 unspecified atom stereocenters. The lowest BCUT2D eigenvalue weighted by Gasteiger charge is -2.57. The molecule has 5 aliphatic rings. The third-order valence-corrected chi connectivity index (χ3v) is 12.5. The summed E-state index contributed by atoms with van der Waals surface area (Å²) in [5, 5.41) is 24.5. The molecule has 0 spiro atoms. The van der Waals surface area contributed by atoms with Crippen molar-refractivity contribution in [3.63, 3.8) is 0 Å². The van der Waals surface area contributed by atoms with E-state index >= 15 is 0 Å². The summed E-state index contributed by atoms with van der Waals surface area (Å²) in [4.78, 5) is 40.6. The smallest absolute Gasteiger partial charge is 0.340 e. The molecule has 5 atom stereocenters. The van der Waals surface area contributed by atoms with Gasteiger partial charge in [-0.25, -0.2) is 4.98 Å². The topological polar surface area (TPSA) is 209 Å². The Labute approximate surface area is 235 Å². The molecular formula is C23H34ClN5O9P2. The highest BCUT2D eigenvalue weighted by Gasteiger charge is 2.50. The molecule has 0 amide bonds. The Hall–Kier alpha value is -1.18. The van der Waals surface area contributed by atoms with Crippen LogP contribution in [-0.2, 0) is 18.4 Å². The van der Waals surface area contributed by atoms with E-state index in [0.717, 1.165) is 24.2 Å². The normalized spacial score (nSPS) is 36.8. The fourth-order valence-electron chi connectivity index (χ4n) is 7.80. The highest BCUT2D eigenvalue weighted by molar-refractivity contribution is 7.70. The number of hydrogen-bond donors (Lipinski definition) is 6. The molecule has 40 heavy (non-hydrogen) atoms. The van der Waals surface area contributed by atoms with Crippen LogP contribution in [0.2, 0.25) is 5.28 Å². The number of aliphatic hydroxyl groups is 2. The largest absolute Gasteiger partial charge is 0.387 e. The minimum absolute atomic E-state index is 0.0434. The molecule has 0 aromatic carbocycles. The summed E-state index contributed by atoms with van der Waals surface area (Å²) in [7, 11) is -9.50. The maximum atomic E-state index is 12.0. The van der Waals surface area contributed by atoms with Gasteiger partial charge in [-0.15, -0.1) is 0 Å². The van der Waals surface area contributed by atoms with E-state index in [2.05, 4.69) is 20.3 Å². The molecule has 4 bridgehead atoms. The van der Waals surface area contributed by atoms with Gasteiger partial charge in [-0.3, -0.25) is 13.7 Å². The predicted octanol–water partition coefficient (Wildman–Crippen LogP) is 2.45. The molecule has 7 rings (SSSR count). The third kappa shape index (κ3) is 5.86. The number of nitrogens with zero attached hydrogens (tertiary/aromatic N) is 4. The zero-order chi connectivity index (χ0) is 28.4. The highest BCUT2D eigenvalue weighted by Crippen LogP contribution is 2.61. The number of aromatic nitrogens is 4. The highest BCUT2D eigenvalue weighted by atomic mass is 35.5. The summed E-state index contributed by atoms with van der Waals surface area (Å²) in [6.45, 7) is 0.0139. The van der Waals surface area contributed by atoms with Crippen LogP contribution in [0.15, 0.2) is 6.33 Å². The van der Waals surface area contributed by atoms with Crippen LogP contribution in [0.1, 0.15) is 51.2 Å². The molecule has 222 valence electrons. The predicted molar refractivity (Wildman–Crippen MR) is 143 cm³/mol. The van der Waals surface area contributed by atoms with E-state index in [9.17, 15) is 24.2 Å². The van der Waals surface area contributed by atoms with E-state index in [-0.39, 0.29) is 10.9 Å². The van der Waals surface area contributed by atoms with Crippen LogP contribution in [0, 0.1) is 23.2 Å². The number of ether oxygens (including phenoxy) is 1. The van der Waals surface area contributed by atoms with E-state index < -0.39 is 52.2 Å². The van der Waals surface area contributed by atoms with Gasteiger partial charge in [0.2, 0.25) is 5.28 Å². The van der Waals surface area contributed by atoms with Crippen LogP contribution in [-0.4, -0.2) is 81.8 Å². The molecule has 1 aliphatic heterocycles. The van der Waals surface area contributed by atoms with Gasteiger partial charge in [0.25, 0.3) is 0 Å². The van der Waals surface area contributed by atoms with Gasteiger partial charge in [-0.05, 0) is 79.7 Å². The van der Waals surface area contributed by atoms with Crippen molar-refractivity contribution in [2.75, 3.05) is 24.4 Å². The first kappa shape index (κ1) is 28.9. The Bertz CT molecular complexity index is 1340. The average Bonchev–Trinajstić information content (AvgIpc) is 3.36. The van der Waals surface area contributed by atoms with Crippen LogP contribution in [0.4, 0.5) is 5.82 Å². The molecule has 2 aromatic rings. The van der Waals surface area contributed by atoms with Crippen molar-refractivity contribution in [3.05, 3.63) is 11.6 Å². The van der Waals surface area contributed by atoms with Gasteiger partial charge in [0, 0.05) is 6.54 Å². The van der Waals surface area contributed by atoms with Crippen LogP contribution in [0.25, 0.3) is 11.2 Å². The summed E-state index contributed by atoms with van der Waals surface area (Å²) in [5.41, 5.74) is 1.04. The van der Waals surface area contributed by atoms with Crippen molar-refractivity contribution in [2.45, 2.75) is 69.5 Å². The second-order valence-corrected chi connectivity index (χ2v) is 16.4. The van der Waals surface area contributed by atoms with Gasteiger partial charge in [-0.2, -0.15) is 9.97 Å². The van der Waals surface area contributed by atoms with Gasteiger partial charge < -0.3 is 39.5 Å². The summed E-state index contributed by atoms with van der Waals surface area (Å²) in [6, 6.07) is 0. The molecule has 5 fully saturated rings. The van der Waals surface area contributed by atoms with Gasteiger partial charge in [0.15, 0.2) is 29.1 Å². The van der Waals surface area contributed by atoms with E-state index in [4.69, 9.17) is 30.6 Å². The summed E-state index contributed by atoms with van der Waals surface area (Å²) < 4.78 is 34.9. The molecule has 2 aromatic heterocycles. The van der Waals surface area contributed by atoms with Gasteiger partial charge in [-0.1, -0.05) is 0 Å². The Kier molecular flexibility index (Phi) is 7.60. The molecule has 6 N–H and O–H groups in total. The first-order chi connectivity index (χ1) is 18.8. The van der Waals surface area contributed by atoms with Crippen LogP contribution in [0.5, 0.6) is 0 Å². The van der Waals surface area contributed by atoms with E-state index in [0.29, 0.717) is 23.3 Å². The quantitative estimate of drug-likeness (QED) is 0.166. The maximum Gasteiger partial charge on any atom is 0.340 e. The lowest BCUT2D eigenvalue weighted by atomic mass is 9.49. The standard InChI is InChI=1S/C23H34ClN5O9P2/c24-22-27-19(25-2-1-23-6-12-3-13(7-23)5-14(4-12)8-23)16-20(28-22)29(10-26-16)21-18(31)17(30)15(38-21)9-37-40(35,36)11-39(32,33)34/h10,12-15,17-18,21,30-31H,1-9,11H2,(H,35,36)(H,25,27,28)(H2,32,33,34). The molecule has 1 saturated heterocycles. The zero-order valence-corrected chi connectivity index (χ0v) is 24.2. The minimum Gasteiger partial charge on any atom is -0.387 e. The van der Waals surface area contributed by atoms with Crippen LogP contribution >= 0.6 is 26.8 Å². The Balaban J connectivity index is 1.14. The summed E-state index contributed by atoms with van der Waals surface area (Å²) in [5.74, 6) is 1.65. The maximum absolute atomic E-state index is 12.0. The van der Waals surface area contributed by atoms with Crippen molar-refractivity contribution in [1.29, 1.82) is 0 Å². The van der Waals surface area contributed by atoms with Crippen molar-refractivity contribution < 1.29 is 43.3 Å². The van der Waals surface area contributed by atoms with Crippen molar-refractivity contribution in [1.82, 2.24) is 19.5 Å². The van der Waals surface area contributed by atoms with Crippen molar-refractivity contribution in [3.8, 4) is 0 Å². The zero-order valence-electron chi connectivity index (χ0n) is 21.6. The summed E-state index contributed by atoms with van der Waals surface area (Å²) in [6.07, 6.45) is 4.95. The average molecular weight is 622 g/mol.